The molecule has 116 valence electrons. The minimum Gasteiger partial charge on any atom is -0.322 e. The van der Waals surface area contributed by atoms with Crippen molar-refractivity contribution in [2.24, 2.45) is 0 Å². The standard InChI is InChI=1S/C15H15FN2O3S/c1-18(2)22(20,21)14-8-6-13(7-9-14)17-15(19)11-4-3-5-12(16)10-11/h3-10H,1-2H3,(H,17,19). The summed E-state index contributed by atoms with van der Waals surface area (Å²) in [6, 6.07) is 11.1. The molecule has 0 fully saturated rings. The lowest BCUT2D eigenvalue weighted by atomic mass is 10.2. The third-order valence-corrected chi connectivity index (χ3v) is 4.81. The number of carbonyl (C=O) groups excluding carboxylic acids is 1. The molecule has 0 bridgehead atoms. The lowest BCUT2D eigenvalue weighted by molar-refractivity contribution is 0.102. The minimum atomic E-state index is -3.51. The zero-order valence-corrected chi connectivity index (χ0v) is 12.9. The zero-order valence-electron chi connectivity index (χ0n) is 12.1. The predicted molar refractivity (Wildman–Crippen MR) is 81.7 cm³/mol. The molecule has 5 nitrogen and oxygen atoms in total. The van der Waals surface area contributed by atoms with Gasteiger partial charge >= 0.3 is 0 Å². The number of amides is 1. The van der Waals surface area contributed by atoms with E-state index in [2.05, 4.69) is 5.32 Å². The van der Waals surface area contributed by atoms with Crippen LogP contribution in [0.5, 0.6) is 0 Å². The molecule has 2 aromatic rings. The Bertz CT molecular complexity index is 787. The maximum Gasteiger partial charge on any atom is 0.255 e. The van der Waals surface area contributed by atoms with Gasteiger partial charge in [-0.3, -0.25) is 4.79 Å². The average Bonchev–Trinajstić information content (AvgIpc) is 2.47. The third kappa shape index (κ3) is 3.49. The zero-order chi connectivity index (χ0) is 16.3. The number of nitrogens with one attached hydrogen (secondary N) is 1. The summed E-state index contributed by atoms with van der Waals surface area (Å²) in [6.45, 7) is 0. The van der Waals surface area contributed by atoms with Gasteiger partial charge in [0.05, 0.1) is 4.90 Å². The molecular weight excluding hydrogens is 307 g/mol. The molecule has 0 spiro atoms. The number of nitrogens with zero attached hydrogens (tertiary/aromatic N) is 1. The fourth-order valence-corrected chi connectivity index (χ4v) is 2.66. The van der Waals surface area contributed by atoms with Crippen molar-refractivity contribution in [1.82, 2.24) is 4.31 Å². The molecule has 1 amide bonds. The largest absolute Gasteiger partial charge is 0.322 e. The fourth-order valence-electron chi connectivity index (χ4n) is 1.75. The number of hydrogen-bond acceptors (Lipinski definition) is 3. The topological polar surface area (TPSA) is 66.5 Å². The van der Waals surface area contributed by atoms with Crippen LogP contribution in [0.1, 0.15) is 10.4 Å². The molecule has 0 aliphatic heterocycles. The number of benzene rings is 2. The number of sulfonamides is 1. The van der Waals surface area contributed by atoms with Crippen LogP contribution in [0.15, 0.2) is 53.4 Å². The van der Waals surface area contributed by atoms with Gasteiger partial charge in [-0.2, -0.15) is 0 Å². The molecule has 0 unspecified atom stereocenters. The van der Waals surface area contributed by atoms with E-state index in [1.165, 1.54) is 56.6 Å². The number of anilines is 1. The molecule has 7 heteroatoms. The molecule has 0 saturated heterocycles. The van der Waals surface area contributed by atoms with E-state index < -0.39 is 21.7 Å². The normalized spacial score (nSPS) is 11.5. The average molecular weight is 322 g/mol. The summed E-state index contributed by atoms with van der Waals surface area (Å²) in [5.41, 5.74) is 0.608. The third-order valence-electron chi connectivity index (χ3n) is 2.98. The van der Waals surface area contributed by atoms with E-state index in [1.807, 2.05) is 0 Å². The monoisotopic (exact) mass is 322 g/mol. The molecule has 0 aliphatic rings. The van der Waals surface area contributed by atoms with E-state index in [0.29, 0.717) is 5.69 Å². The van der Waals surface area contributed by atoms with Crippen molar-refractivity contribution < 1.29 is 17.6 Å². The summed E-state index contributed by atoms with van der Waals surface area (Å²) in [6.07, 6.45) is 0. The van der Waals surface area contributed by atoms with Crippen molar-refractivity contribution in [3.63, 3.8) is 0 Å². The van der Waals surface area contributed by atoms with Gasteiger partial charge in [-0.25, -0.2) is 17.1 Å². The van der Waals surface area contributed by atoms with Gasteiger partial charge in [0.1, 0.15) is 5.82 Å². The molecule has 0 aromatic heterocycles. The van der Waals surface area contributed by atoms with Crippen LogP contribution in [0.3, 0.4) is 0 Å². The Hall–Kier alpha value is -2.25. The number of rotatable bonds is 4. The van der Waals surface area contributed by atoms with Crippen molar-refractivity contribution in [3.05, 3.63) is 59.9 Å². The summed E-state index contributed by atoms with van der Waals surface area (Å²) in [5.74, 6) is -0.970. The maximum atomic E-state index is 13.1. The van der Waals surface area contributed by atoms with E-state index >= 15 is 0 Å². The maximum absolute atomic E-state index is 13.1. The SMILES string of the molecule is CN(C)S(=O)(=O)c1ccc(NC(=O)c2cccc(F)c2)cc1. The summed E-state index contributed by atoms with van der Waals surface area (Å²) in [7, 11) is -0.630. The van der Waals surface area contributed by atoms with Crippen molar-refractivity contribution in [2.45, 2.75) is 4.90 Å². The van der Waals surface area contributed by atoms with Crippen molar-refractivity contribution >= 4 is 21.6 Å². The van der Waals surface area contributed by atoms with Gasteiger partial charge in [-0.05, 0) is 42.5 Å². The van der Waals surface area contributed by atoms with E-state index in [1.54, 1.807) is 0 Å². The van der Waals surface area contributed by atoms with Gasteiger partial charge < -0.3 is 5.32 Å². The molecule has 0 saturated carbocycles. The molecule has 0 aliphatic carbocycles. The second-order valence-electron chi connectivity index (χ2n) is 4.78. The molecule has 0 atom stereocenters. The number of halogens is 1. The van der Waals surface area contributed by atoms with Gasteiger partial charge in [0.15, 0.2) is 0 Å². The molecule has 0 radical (unpaired) electrons. The lowest BCUT2D eigenvalue weighted by Gasteiger charge is -2.12. The van der Waals surface area contributed by atoms with Gasteiger partial charge in [0, 0.05) is 25.3 Å². The van der Waals surface area contributed by atoms with E-state index in [4.69, 9.17) is 0 Å². The Morgan fingerprint density at radius 3 is 2.27 bits per heavy atom. The van der Waals surface area contributed by atoms with Crippen LogP contribution >= 0.6 is 0 Å². The Balaban J connectivity index is 2.17. The summed E-state index contributed by atoms with van der Waals surface area (Å²) in [4.78, 5) is 12.1. The molecular formula is C15H15FN2O3S. The highest BCUT2D eigenvalue weighted by atomic mass is 32.2. The number of carbonyl (C=O) groups is 1. The smallest absolute Gasteiger partial charge is 0.255 e. The Labute approximate surface area is 128 Å². The van der Waals surface area contributed by atoms with E-state index in [0.717, 1.165) is 10.4 Å². The van der Waals surface area contributed by atoms with Crippen LogP contribution < -0.4 is 5.32 Å². The van der Waals surface area contributed by atoms with Crippen LogP contribution in [0.4, 0.5) is 10.1 Å². The predicted octanol–water partition coefficient (Wildman–Crippen LogP) is 2.33. The van der Waals surface area contributed by atoms with Crippen LogP contribution in [-0.4, -0.2) is 32.7 Å². The Kier molecular flexibility index (Phi) is 4.58. The van der Waals surface area contributed by atoms with E-state index in [9.17, 15) is 17.6 Å². The lowest BCUT2D eigenvalue weighted by Crippen LogP contribution is -2.22. The van der Waals surface area contributed by atoms with Crippen LogP contribution in [-0.2, 0) is 10.0 Å². The van der Waals surface area contributed by atoms with Crippen molar-refractivity contribution in [1.29, 1.82) is 0 Å². The first-order valence-corrected chi connectivity index (χ1v) is 7.84. The van der Waals surface area contributed by atoms with Gasteiger partial charge in [-0.15, -0.1) is 0 Å². The highest BCUT2D eigenvalue weighted by molar-refractivity contribution is 7.89. The van der Waals surface area contributed by atoms with Crippen molar-refractivity contribution in [3.8, 4) is 0 Å². The van der Waals surface area contributed by atoms with Gasteiger partial charge in [-0.1, -0.05) is 6.07 Å². The fraction of sp³-hybridized carbons (Fsp3) is 0.133. The highest BCUT2D eigenvalue weighted by Crippen LogP contribution is 2.17. The van der Waals surface area contributed by atoms with E-state index in [-0.39, 0.29) is 10.5 Å². The van der Waals surface area contributed by atoms with Crippen molar-refractivity contribution in [2.75, 3.05) is 19.4 Å². The Morgan fingerprint density at radius 2 is 1.73 bits per heavy atom. The summed E-state index contributed by atoms with van der Waals surface area (Å²) >= 11 is 0. The first-order valence-electron chi connectivity index (χ1n) is 6.40. The number of hydrogen-bond donors (Lipinski definition) is 1. The minimum absolute atomic E-state index is 0.126. The van der Waals surface area contributed by atoms with Crippen LogP contribution in [0, 0.1) is 5.82 Å². The molecule has 0 heterocycles. The van der Waals surface area contributed by atoms with Gasteiger partial charge in [0.2, 0.25) is 10.0 Å². The highest BCUT2D eigenvalue weighted by Gasteiger charge is 2.16. The first kappa shape index (κ1) is 16.1. The second-order valence-corrected chi connectivity index (χ2v) is 6.93. The molecule has 22 heavy (non-hydrogen) atoms. The Morgan fingerprint density at radius 1 is 1.09 bits per heavy atom. The van der Waals surface area contributed by atoms with Crippen LogP contribution in [0.25, 0.3) is 0 Å². The first-order chi connectivity index (χ1) is 10.3. The van der Waals surface area contributed by atoms with Gasteiger partial charge in [0.25, 0.3) is 5.91 Å². The quantitative estimate of drug-likeness (QED) is 0.939. The summed E-state index contributed by atoms with van der Waals surface area (Å²) < 4.78 is 38.0. The summed E-state index contributed by atoms with van der Waals surface area (Å²) in [5, 5.41) is 2.58. The molecule has 1 N–H and O–H groups in total. The molecule has 2 rings (SSSR count). The van der Waals surface area contributed by atoms with Crippen LogP contribution in [0.2, 0.25) is 0 Å². The molecule has 2 aromatic carbocycles. The second kappa shape index (κ2) is 6.25.